The van der Waals surface area contributed by atoms with Gasteiger partial charge in [-0.2, -0.15) is 0 Å². The van der Waals surface area contributed by atoms with Crippen LogP contribution in [0.3, 0.4) is 0 Å². The van der Waals surface area contributed by atoms with Crippen molar-refractivity contribution in [3.8, 4) is 0 Å². The number of aliphatic hydroxyl groups is 1. The molecule has 108 valence electrons. The number of aliphatic hydroxyl groups excluding tert-OH is 1. The van der Waals surface area contributed by atoms with Crippen LogP contribution in [0.2, 0.25) is 5.15 Å². The van der Waals surface area contributed by atoms with Crippen LogP contribution < -0.4 is 5.32 Å². The lowest BCUT2D eigenvalue weighted by atomic mass is 9.95. The van der Waals surface area contributed by atoms with E-state index < -0.39 is 0 Å². The monoisotopic (exact) mass is 285 g/mol. The minimum absolute atomic E-state index is 0.134. The van der Waals surface area contributed by atoms with Crippen LogP contribution in [0, 0.1) is 12.8 Å². The van der Waals surface area contributed by atoms with Crippen LogP contribution in [0.1, 0.15) is 45.5 Å². The number of rotatable bonds is 5. The molecule has 1 unspecified atom stereocenters. The van der Waals surface area contributed by atoms with E-state index in [2.05, 4.69) is 43.0 Å². The summed E-state index contributed by atoms with van der Waals surface area (Å²) >= 11 is 6.17. The van der Waals surface area contributed by atoms with Crippen LogP contribution in [0.15, 0.2) is 0 Å². The fourth-order valence-corrected chi connectivity index (χ4v) is 1.76. The molecule has 4 nitrogen and oxygen atoms in total. The Hall–Kier alpha value is -0.870. The standard InChI is InChI=1S/C14H24ClN3O/c1-9(6-7-19)8-16-12-10(2)11(15)17-13(18-12)14(3,4)5/h9,19H,6-8H2,1-5H3,(H,16,17,18). The van der Waals surface area contributed by atoms with E-state index >= 15 is 0 Å². The highest BCUT2D eigenvalue weighted by atomic mass is 35.5. The Labute approximate surface area is 120 Å². The van der Waals surface area contributed by atoms with Crippen molar-refractivity contribution in [1.29, 1.82) is 0 Å². The lowest BCUT2D eigenvalue weighted by Crippen LogP contribution is -2.20. The van der Waals surface area contributed by atoms with Gasteiger partial charge in [0.25, 0.3) is 0 Å². The Morgan fingerprint density at radius 1 is 1.32 bits per heavy atom. The third kappa shape index (κ3) is 4.62. The first-order valence-electron chi connectivity index (χ1n) is 6.65. The van der Waals surface area contributed by atoms with E-state index in [0.29, 0.717) is 11.1 Å². The van der Waals surface area contributed by atoms with Crippen LogP contribution in [-0.4, -0.2) is 28.2 Å². The van der Waals surface area contributed by atoms with Gasteiger partial charge in [-0.15, -0.1) is 0 Å². The van der Waals surface area contributed by atoms with Gasteiger partial charge in [0.1, 0.15) is 16.8 Å². The molecular weight excluding hydrogens is 262 g/mol. The van der Waals surface area contributed by atoms with Gasteiger partial charge < -0.3 is 10.4 Å². The average Bonchev–Trinajstić information content (AvgIpc) is 2.30. The molecule has 1 rings (SSSR count). The Morgan fingerprint density at radius 3 is 2.47 bits per heavy atom. The summed E-state index contributed by atoms with van der Waals surface area (Å²) in [6, 6.07) is 0. The number of halogens is 1. The van der Waals surface area contributed by atoms with Crippen LogP contribution in [0.25, 0.3) is 0 Å². The summed E-state index contributed by atoms with van der Waals surface area (Å²) in [5, 5.41) is 12.7. The summed E-state index contributed by atoms with van der Waals surface area (Å²) in [5.41, 5.74) is 0.732. The minimum atomic E-state index is -0.134. The van der Waals surface area contributed by atoms with E-state index in [0.717, 1.165) is 30.2 Å². The topological polar surface area (TPSA) is 58.0 Å². The molecule has 0 aromatic carbocycles. The van der Waals surface area contributed by atoms with Gasteiger partial charge in [0.2, 0.25) is 0 Å². The van der Waals surface area contributed by atoms with Crippen LogP contribution in [0.4, 0.5) is 5.82 Å². The number of hydrogen-bond acceptors (Lipinski definition) is 4. The highest BCUT2D eigenvalue weighted by Crippen LogP contribution is 2.26. The van der Waals surface area contributed by atoms with Crippen LogP contribution in [0.5, 0.6) is 0 Å². The number of aromatic nitrogens is 2. The van der Waals surface area contributed by atoms with Gasteiger partial charge in [-0.3, -0.25) is 0 Å². The lowest BCUT2D eigenvalue weighted by Gasteiger charge is -2.20. The summed E-state index contributed by atoms with van der Waals surface area (Å²) < 4.78 is 0. The third-order valence-corrected chi connectivity index (χ3v) is 3.37. The van der Waals surface area contributed by atoms with Crippen molar-refractivity contribution in [1.82, 2.24) is 9.97 Å². The second kappa shape index (κ2) is 6.53. The summed E-state index contributed by atoms with van der Waals surface area (Å²) in [5.74, 6) is 1.91. The molecule has 5 heteroatoms. The first-order valence-corrected chi connectivity index (χ1v) is 7.03. The maximum atomic E-state index is 8.91. The van der Waals surface area contributed by atoms with Gasteiger partial charge >= 0.3 is 0 Å². The molecule has 1 atom stereocenters. The number of hydrogen-bond donors (Lipinski definition) is 2. The molecule has 1 aromatic rings. The summed E-state index contributed by atoms with van der Waals surface area (Å²) in [7, 11) is 0. The fraction of sp³-hybridized carbons (Fsp3) is 0.714. The van der Waals surface area contributed by atoms with E-state index in [4.69, 9.17) is 16.7 Å². The molecule has 0 aliphatic heterocycles. The Bertz CT molecular complexity index is 429. The normalized spacial score (nSPS) is 13.4. The molecule has 0 aliphatic rings. The van der Waals surface area contributed by atoms with Crippen molar-refractivity contribution in [3.05, 3.63) is 16.5 Å². The Kier molecular flexibility index (Phi) is 5.56. The van der Waals surface area contributed by atoms with E-state index in [1.165, 1.54) is 0 Å². The molecule has 0 spiro atoms. The SMILES string of the molecule is Cc1c(Cl)nc(C(C)(C)C)nc1NCC(C)CCO. The molecule has 0 bridgehead atoms. The molecule has 0 fully saturated rings. The fourth-order valence-electron chi connectivity index (χ4n) is 1.59. The highest BCUT2D eigenvalue weighted by molar-refractivity contribution is 6.30. The van der Waals surface area contributed by atoms with E-state index in [9.17, 15) is 0 Å². The first kappa shape index (κ1) is 16.2. The summed E-state index contributed by atoms with van der Waals surface area (Å²) in [4.78, 5) is 8.91. The summed E-state index contributed by atoms with van der Waals surface area (Å²) in [6.07, 6.45) is 0.775. The highest BCUT2D eigenvalue weighted by Gasteiger charge is 2.20. The molecule has 1 heterocycles. The predicted molar refractivity (Wildman–Crippen MR) is 79.8 cm³/mol. The van der Waals surface area contributed by atoms with Gasteiger partial charge in [0, 0.05) is 24.1 Å². The van der Waals surface area contributed by atoms with Crippen molar-refractivity contribution in [2.24, 2.45) is 5.92 Å². The average molecular weight is 286 g/mol. The van der Waals surface area contributed by atoms with Gasteiger partial charge in [-0.05, 0) is 19.3 Å². The number of nitrogens with zero attached hydrogens (tertiary/aromatic N) is 2. The molecule has 0 saturated carbocycles. The van der Waals surface area contributed by atoms with Gasteiger partial charge in [0.05, 0.1) is 0 Å². The second-order valence-corrected chi connectivity index (χ2v) is 6.42. The Balaban J connectivity index is 2.91. The van der Waals surface area contributed by atoms with E-state index in [-0.39, 0.29) is 12.0 Å². The maximum absolute atomic E-state index is 8.91. The van der Waals surface area contributed by atoms with Crippen molar-refractivity contribution >= 4 is 17.4 Å². The van der Waals surface area contributed by atoms with Crippen molar-refractivity contribution in [2.45, 2.75) is 46.5 Å². The summed E-state index contributed by atoms with van der Waals surface area (Å²) in [6.45, 7) is 11.2. The maximum Gasteiger partial charge on any atom is 0.137 e. The zero-order chi connectivity index (χ0) is 14.6. The molecule has 0 saturated heterocycles. The zero-order valence-electron chi connectivity index (χ0n) is 12.4. The second-order valence-electron chi connectivity index (χ2n) is 6.06. The smallest absolute Gasteiger partial charge is 0.137 e. The molecule has 19 heavy (non-hydrogen) atoms. The van der Waals surface area contributed by atoms with Crippen molar-refractivity contribution in [3.63, 3.8) is 0 Å². The van der Waals surface area contributed by atoms with Crippen molar-refractivity contribution < 1.29 is 5.11 Å². The predicted octanol–water partition coefficient (Wildman–Crippen LogP) is 3.17. The minimum Gasteiger partial charge on any atom is -0.396 e. The van der Waals surface area contributed by atoms with E-state index in [1.54, 1.807) is 0 Å². The lowest BCUT2D eigenvalue weighted by molar-refractivity contribution is 0.266. The van der Waals surface area contributed by atoms with Gasteiger partial charge in [-0.25, -0.2) is 9.97 Å². The largest absolute Gasteiger partial charge is 0.396 e. The number of nitrogens with one attached hydrogen (secondary N) is 1. The number of anilines is 1. The molecular formula is C14H24ClN3O. The molecule has 0 aliphatic carbocycles. The Morgan fingerprint density at radius 2 is 1.95 bits per heavy atom. The van der Waals surface area contributed by atoms with Crippen LogP contribution in [-0.2, 0) is 5.41 Å². The van der Waals surface area contributed by atoms with Crippen molar-refractivity contribution in [2.75, 3.05) is 18.5 Å². The molecule has 1 aromatic heterocycles. The zero-order valence-corrected chi connectivity index (χ0v) is 13.2. The van der Waals surface area contributed by atoms with Gasteiger partial charge in [-0.1, -0.05) is 39.3 Å². The quantitative estimate of drug-likeness (QED) is 0.816. The van der Waals surface area contributed by atoms with Gasteiger partial charge in [0.15, 0.2) is 0 Å². The first-order chi connectivity index (χ1) is 8.75. The molecule has 0 radical (unpaired) electrons. The molecule has 0 amide bonds. The van der Waals surface area contributed by atoms with Crippen LogP contribution >= 0.6 is 11.6 Å². The third-order valence-electron chi connectivity index (χ3n) is 3.00. The van der Waals surface area contributed by atoms with E-state index in [1.807, 2.05) is 6.92 Å². The molecule has 2 N–H and O–H groups in total.